The van der Waals surface area contributed by atoms with Crippen molar-refractivity contribution in [2.45, 2.75) is 0 Å². The molecule has 0 saturated carbocycles. The highest BCUT2D eigenvalue weighted by Crippen LogP contribution is 2.33. The first-order valence-electron chi connectivity index (χ1n) is 4.35. The van der Waals surface area contributed by atoms with Crippen molar-refractivity contribution in [2.24, 2.45) is 0 Å². The number of nitrogens with zero attached hydrogens (tertiary/aromatic N) is 1. The minimum absolute atomic E-state index is 0.485. The summed E-state index contributed by atoms with van der Waals surface area (Å²) < 4.78 is 0.910. The molecule has 2 aromatic rings. The van der Waals surface area contributed by atoms with Crippen LogP contribution in [0.3, 0.4) is 0 Å². The molecule has 15 heavy (non-hydrogen) atoms. The van der Waals surface area contributed by atoms with E-state index in [1.165, 1.54) is 0 Å². The van der Waals surface area contributed by atoms with Gasteiger partial charge in [0, 0.05) is 10.0 Å². The van der Waals surface area contributed by atoms with Crippen LogP contribution in [0.2, 0.25) is 5.02 Å². The van der Waals surface area contributed by atoms with Gasteiger partial charge < -0.3 is 5.73 Å². The van der Waals surface area contributed by atoms with Gasteiger partial charge >= 0.3 is 0 Å². The van der Waals surface area contributed by atoms with Gasteiger partial charge in [-0.2, -0.15) is 0 Å². The van der Waals surface area contributed by atoms with Crippen molar-refractivity contribution in [1.29, 1.82) is 0 Å². The zero-order chi connectivity index (χ0) is 10.8. The predicted molar refractivity (Wildman–Crippen MR) is 66.8 cm³/mol. The highest BCUT2D eigenvalue weighted by molar-refractivity contribution is 9.10. The average molecular weight is 284 g/mol. The van der Waals surface area contributed by atoms with Gasteiger partial charge in [-0.1, -0.05) is 39.7 Å². The normalized spacial score (nSPS) is 10.3. The topological polar surface area (TPSA) is 38.9 Å². The molecule has 1 heterocycles. The van der Waals surface area contributed by atoms with Crippen LogP contribution in [0.1, 0.15) is 0 Å². The lowest BCUT2D eigenvalue weighted by molar-refractivity contribution is 1.33. The Labute approximate surface area is 101 Å². The van der Waals surface area contributed by atoms with Gasteiger partial charge in [0.2, 0.25) is 0 Å². The van der Waals surface area contributed by atoms with E-state index in [0.29, 0.717) is 10.8 Å². The maximum atomic E-state index is 6.11. The largest absolute Gasteiger partial charge is 0.384 e. The van der Waals surface area contributed by atoms with Crippen LogP contribution in [0.5, 0.6) is 0 Å². The van der Waals surface area contributed by atoms with Crippen LogP contribution in [0.15, 0.2) is 40.9 Å². The third-order valence-corrected chi connectivity index (χ3v) is 2.97. The molecule has 1 aromatic heterocycles. The van der Waals surface area contributed by atoms with Crippen molar-refractivity contribution in [2.75, 3.05) is 5.73 Å². The van der Waals surface area contributed by atoms with Gasteiger partial charge in [-0.3, -0.25) is 0 Å². The zero-order valence-electron chi connectivity index (χ0n) is 7.74. The number of aromatic nitrogens is 1. The molecule has 2 rings (SSSR count). The van der Waals surface area contributed by atoms with Crippen molar-refractivity contribution in [3.8, 4) is 11.3 Å². The summed E-state index contributed by atoms with van der Waals surface area (Å²) in [7, 11) is 0. The highest BCUT2D eigenvalue weighted by Gasteiger charge is 2.08. The molecule has 2 nitrogen and oxygen atoms in total. The van der Waals surface area contributed by atoms with E-state index in [1.807, 2.05) is 30.3 Å². The van der Waals surface area contributed by atoms with Crippen molar-refractivity contribution >= 4 is 33.3 Å². The molecule has 0 spiro atoms. The van der Waals surface area contributed by atoms with Crippen LogP contribution in [-0.2, 0) is 0 Å². The first kappa shape index (κ1) is 10.5. The number of anilines is 1. The number of benzene rings is 1. The standard InChI is InChI=1S/C11H8BrClN2/c12-7-3-1-4-8(13)11(7)9-5-2-6-10(14)15-9/h1-6H,(H2,14,15). The number of nitrogens with two attached hydrogens (primary N) is 1. The zero-order valence-corrected chi connectivity index (χ0v) is 10.1. The fourth-order valence-electron chi connectivity index (χ4n) is 1.33. The average Bonchev–Trinajstić information content (AvgIpc) is 2.17. The lowest BCUT2D eigenvalue weighted by Gasteiger charge is -2.06. The third-order valence-electron chi connectivity index (χ3n) is 1.99. The van der Waals surface area contributed by atoms with Gasteiger partial charge in [0.1, 0.15) is 5.82 Å². The SMILES string of the molecule is Nc1cccc(-c2c(Cl)cccc2Br)n1. The second-order valence-corrected chi connectivity index (χ2v) is 4.31. The van der Waals surface area contributed by atoms with Crippen LogP contribution in [0.4, 0.5) is 5.82 Å². The number of halogens is 2. The number of hydrogen-bond donors (Lipinski definition) is 1. The summed E-state index contributed by atoms with van der Waals surface area (Å²) in [6, 6.07) is 11.1. The molecule has 0 bridgehead atoms. The van der Waals surface area contributed by atoms with E-state index in [1.54, 1.807) is 6.07 Å². The Hall–Kier alpha value is -1.06. The molecule has 76 valence electrons. The number of nitrogen functional groups attached to an aromatic ring is 1. The van der Waals surface area contributed by atoms with Crippen molar-refractivity contribution < 1.29 is 0 Å². The Morgan fingerprint density at radius 2 is 1.87 bits per heavy atom. The first-order valence-corrected chi connectivity index (χ1v) is 5.52. The van der Waals surface area contributed by atoms with E-state index in [0.717, 1.165) is 15.7 Å². The maximum absolute atomic E-state index is 6.11. The van der Waals surface area contributed by atoms with E-state index in [9.17, 15) is 0 Å². The molecule has 4 heteroatoms. The van der Waals surface area contributed by atoms with E-state index in [-0.39, 0.29) is 0 Å². The molecule has 0 radical (unpaired) electrons. The minimum Gasteiger partial charge on any atom is -0.384 e. The molecule has 0 unspecified atom stereocenters. The fraction of sp³-hybridized carbons (Fsp3) is 0. The Balaban J connectivity index is 2.63. The molecule has 1 aromatic carbocycles. The van der Waals surface area contributed by atoms with Crippen molar-refractivity contribution in [3.05, 3.63) is 45.9 Å². The van der Waals surface area contributed by atoms with Crippen LogP contribution in [0, 0.1) is 0 Å². The molecule has 0 fully saturated rings. The predicted octanol–water partition coefficient (Wildman–Crippen LogP) is 3.75. The molecule has 0 saturated heterocycles. The van der Waals surface area contributed by atoms with Gasteiger partial charge in [-0.15, -0.1) is 0 Å². The van der Waals surface area contributed by atoms with E-state index < -0.39 is 0 Å². The van der Waals surface area contributed by atoms with Gasteiger partial charge in [-0.05, 0) is 24.3 Å². The second kappa shape index (κ2) is 4.21. The summed E-state index contributed by atoms with van der Waals surface area (Å²) >= 11 is 9.55. The Bertz CT molecular complexity index is 479. The summed E-state index contributed by atoms with van der Waals surface area (Å²) in [5.41, 5.74) is 7.26. The maximum Gasteiger partial charge on any atom is 0.124 e. The lowest BCUT2D eigenvalue weighted by atomic mass is 10.1. The summed E-state index contributed by atoms with van der Waals surface area (Å²) in [6.45, 7) is 0. The lowest BCUT2D eigenvalue weighted by Crippen LogP contribution is -1.92. The summed E-state index contributed by atoms with van der Waals surface area (Å²) in [4.78, 5) is 4.23. The van der Waals surface area contributed by atoms with E-state index >= 15 is 0 Å². The second-order valence-electron chi connectivity index (χ2n) is 3.04. The quantitative estimate of drug-likeness (QED) is 0.866. The number of rotatable bonds is 1. The summed E-state index contributed by atoms with van der Waals surface area (Å²) in [6.07, 6.45) is 0. The smallest absolute Gasteiger partial charge is 0.124 e. The monoisotopic (exact) mass is 282 g/mol. The molecule has 0 aliphatic heterocycles. The van der Waals surface area contributed by atoms with Crippen LogP contribution in [-0.4, -0.2) is 4.98 Å². The molecule has 0 aliphatic carbocycles. The molecule has 0 atom stereocenters. The molecular weight excluding hydrogens is 275 g/mol. The Morgan fingerprint density at radius 3 is 2.53 bits per heavy atom. The fourth-order valence-corrected chi connectivity index (χ4v) is 2.29. The van der Waals surface area contributed by atoms with Crippen molar-refractivity contribution in [3.63, 3.8) is 0 Å². The summed E-state index contributed by atoms with van der Waals surface area (Å²) in [5, 5.41) is 0.655. The first-order chi connectivity index (χ1) is 7.18. The summed E-state index contributed by atoms with van der Waals surface area (Å²) in [5.74, 6) is 0.485. The molecule has 2 N–H and O–H groups in total. The number of pyridine rings is 1. The van der Waals surface area contributed by atoms with Gasteiger partial charge in [-0.25, -0.2) is 4.98 Å². The van der Waals surface area contributed by atoms with Crippen molar-refractivity contribution in [1.82, 2.24) is 4.98 Å². The minimum atomic E-state index is 0.485. The van der Waals surface area contributed by atoms with Crippen LogP contribution < -0.4 is 5.73 Å². The Morgan fingerprint density at radius 1 is 1.13 bits per heavy atom. The highest BCUT2D eigenvalue weighted by atomic mass is 79.9. The molecule has 0 aliphatic rings. The third kappa shape index (κ3) is 2.13. The van der Waals surface area contributed by atoms with Gasteiger partial charge in [0.15, 0.2) is 0 Å². The molecule has 0 amide bonds. The Kier molecular flexibility index (Phi) is 2.93. The van der Waals surface area contributed by atoms with E-state index in [2.05, 4.69) is 20.9 Å². The molecular formula is C11H8BrClN2. The van der Waals surface area contributed by atoms with Crippen LogP contribution in [0.25, 0.3) is 11.3 Å². The van der Waals surface area contributed by atoms with Gasteiger partial charge in [0.05, 0.1) is 10.7 Å². The number of hydrogen-bond acceptors (Lipinski definition) is 2. The van der Waals surface area contributed by atoms with E-state index in [4.69, 9.17) is 17.3 Å². The van der Waals surface area contributed by atoms with Gasteiger partial charge in [0.25, 0.3) is 0 Å². The van der Waals surface area contributed by atoms with Crippen LogP contribution >= 0.6 is 27.5 Å².